The van der Waals surface area contributed by atoms with E-state index in [9.17, 15) is 15.3 Å². The Morgan fingerprint density at radius 3 is 2.72 bits per heavy atom. The number of allylic oxidation sites excluding steroid dienone is 2. The van der Waals surface area contributed by atoms with E-state index < -0.39 is 6.04 Å². The number of hydrogen-bond acceptors (Lipinski definition) is 5. The highest BCUT2D eigenvalue weighted by Crippen LogP contribution is 2.38. The summed E-state index contributed by atoms with van der Waals surface area (Å²) < 4.78 is 10.5. The minimum Gasteiger partial charge on any atom is -0.871 e. The Morgan fingerprint density at radius 2 is 2.04 bits per heavy atom. The van der Waals surface area contributed by atoms with E-state index in [0.29, 0.717) is 34.8 Å². The molecule has 0 bridgehead atoms. The number of hydrogen-bond donors (Lipinski definition) is 1. The fraction of sp³-hybridized carbons (Fsp3) is 0.158. The van der Waals surface area contributed by atoms with Crippen LogP contribution in [0, 0.1) is 0 Å². The number of fused-ring (bicyclic) bond motifs is 1. The molecule has 127 valence electrons. The first-order valence-electron chi connectivity index (χ1n) is 7.85. The molecule has 1 atom stereocenters. The molecular weight excluding hydrogens is 322 g/mol. The van der Waals surface area contributed by atoms with Gasteiger partial charge in [0.2, 0.25) is 5.76 Å². The first-order valence-corrected chi connectivity index (χ1v) is 7.85. The molecule has 25 heavy (non-hydrogen) atoms. The minimum atomic E-state index is -0.599. The molecule has 1 unspecified atom stereocenters. The molecule has 0 saturated heterocycles. The van der Waals surface area contributed by atoms with Crippen LogP contribution < -0.4 is 5.11 Å². The number of aliphatic hydroxyl groups is 1. The molecule has 0 aliphatic carbocycles. The largest absolute Gasteiger partial charge is 0.871 e. The van der Waals surface area contributed by atoms with Crippen LogP contribution in [0.2, 0.25) is 0 Å². The average Bonchev–Trinajstić information content (AvgIpc) is 3.33. The average molecular weight is 337 g/mol. The summed E-state index contributed by atoms with van der Waals surface area (Å²) >= 11 is 0. The molecular formula is C19H15NO5-. The van der Waals surface area contributed by atoms with Gasteiger partial charge in [-0.2, -0.15) is 0 Å². The summed E-state index contributed by atoms with van der Waals surface area (Å²) in [4.78, 5) is 1.53. The highest BCUT2D eigenvalue weighted by Gasteiger charge is 2.37. The Morgan fingerprint density at radius 1 is 1.24 bits per heavy atom. The van der Waals surface area contributed by atoms with Crippen molar-refractivity contribution in [1.82, 2.24) is 4.90 Å². The molecule has 1 radical (unpaired) electrons. The lowest BCUT2D eigenvalue weighted by Crippen LogP contribution is -2.33. The summed E-state index contributed by atoms with van der Waals surface area (Å²) in [5.74, 6) is 0.743. The Labute approximate surface area is 143 Å². The van der Waals surface area contributed by atoms with Gasteiger partial charge in [-0.05, 0) is 48.2 Å². The molecule has 2 aromatic rings. The van der Waals surface area contributed by atoms with E-state index in [1.807, 2.05) is 0 Å². The lowest BCUT2D eigenvalue weighted by atomic mass is 10.0. The Balaban J connectivity index is 1.74. The Kier molecular flexibility index (Phi) is 3.74. The third kappa shape index (κ3) is 2.66. The first-order chi connectivity index (χ1) is 12.2. The summed E-state index contributed by atoms with van der Waals surface area (Å²) in [6, 6.07) is 6.37. The smallest absolute Gasteiger partial charge is 0.207 e. The van der Waals surface area contributed by atoms with E-state index in [2.05, 4.69) is 0 Å². The van der Waals surface area contributed by atoms with Crippen molar-refractivity contribution in [3.63, 3.8) is 0 Å². The zero-order chi connectivity index (χ0) is 17.4. The maximum Gasteiger partial charge on any atom is 0.207 e. The summed E-state index contributed by atoms with van der Waals surface area (Å²) in [5, 5.41) is 34.9. The molecule has 0 fully saturated rings. The third-order valence-electron chi connectivity index (χ3n) is 4.31. The molecule has 1 N–H and O–H groups in total. The SMILES string of the molecule is [O]C1=C2C=C(Cc3ccco3)C([O-])=CN2C(CO)/C1=C\c1ccco1. The quantitative estimate of drug-likeness (QED) is 0.920. The standard InChI is InChI=1S/C19H16NO5/c21-11-17-15(9-14-4-2-6-25-14)19(23)16-8-12(18(22)10-20(16)17)7-13-3-1-5-24-13/h1-6,8-10,17,21-22H,7,11H2/p-1/b15-9+. The maximum atomic E-state index is 12.8. The molecule has 4 heterocycles. The summed E-state index contributed by atoms with van der Waals surface area (Å²) in [6.45, 7) is -0.285. The van der Waals surface area contributed by atoms with Crippen molar-refractivity contribution in [2.24, 2.45) is 0 Å². The van der Waals surface area contributed by atoms with Crippen LogP contribution in [0.5, 0.6) is 0 Å². The fourth-order valence-corrected chi connectivity index (χ4v) is 3.09. The van der Waals surface area contributed by atoms with Crippen molar-refractivity contribution in [3.8, 4) is 0 Å². The summed E-state index contributed by atoms with van der Waals surface area (Å²) in [6.07, 6.45) is 7.92. The lowest BCUT2D eigenvalue weighted by molar-refractivity contribution is -0.299. The zero-order valence-corrected chi connectivity index (χ0v) is 13.2. The topological polar surface area (TPSA) is 92.7 Å². The number of nitrogens with zero attached hydrogens (tertiary/aromatic N) is 1. The van der Waals surface area contributed by atoms with Crippen molar-refractivity contribution < 1.29 is 24.2 Å². The van der Waals surface area contributed by atoms with Crippen molar-refractivity contribution in [2.45, 2.75) is 12.5 Å². The second-order valence-electron chi connectivity index (χ2n) is 5.85. The van der Waals surface area contributed by atoms with Crippen LogP contribution in [-0.2, 0) is 11.5 Å². The molecule has 0 saturated carbocycles. The molecule has 6 heteroatoms. The van der Waals surface area contributed by atoms with Crippen molar-refractivity contribution in [1.29, 1.82) is 0 Å². The molecule has 4 rings (SSSR count). The van der Waals surface area contributed by atoms with E-state index in [-0.39, 0.29) is 18.1 Å². The van der Waals surface area contributed by atoms with Gasteiger partial charge >= 0.3 is 0 Å². The number of furan rings is 2. The second kappa shape index (κ2) is 6.07. The summed E-state index contributed by atoms with van der Waals surface area (Å²) in [5.41, 5.74) is 1.25. The highest BCUT2D eigenvalue weighted by molar-refractivity contribution is 5.62. The number of rotatable bonds is 4. The van der Waals surface area contributed by atoms with Crippen molar-refractivity contribution in [2.75, 3.05) is 6.61 Å². The van der Waals surface area contributed by atoms with Gasteiger partial charge in [0, 0.05) is 12.0 Å². The first kappa shape index (κ1) is 15.4. The third-order valence-corrected chi connectivity index (χ3v) is 4.31. The predicted octanol–water partition coefficient (Wildman–Crippen LogP) is 1.96. The Hall–Kier alpha value is -3.12. The van der Waals surface area contributed by atoms with E-state index in [0.717, 1.165) is 0 Å². The van der Waals surface area contributed by atoms with Gasteiger partial charge in [-0.15, -0.1) is 0 Å². The monoisotopic (exact) mass is 337 g/mol. The van der Waals surface area contributed by atoms with E-state index in [4.69, 9.17) is 8.83 Å². The Bertz CT molecular complexity index is 884. The van der Waals surface area contributed by atoms with Crippen LogP contribution in [-0.4, -0.2) is 22.7 Å². The summed E-state index contributed by atoms with van der Waals surface area (Å²) in [7, 11) is 0. The van der Waals surface area contributed by atoms with Gasteiger partial charge in [-0.25, -0.2) is 0 Å². The molecule has 6 nitrogen and oxygen atoms in total. The van der Waals surface area contributed by atoms with Gasteiger partial charge in [0.05, 0.1) is 30.9 Å². The number of aliphatic hydroxyl groups excluding tert-OH is 1. The van der Waals surface area contributed by atoms with Gasteiger partial charge in [-0.3, -0.25) is 5.11 Å². The molecule has 2 aliphatic heterocycles. The molecule has 0 spiro atoms. The van der Waals surface area contributed by atoms with Crippen LogP contribution in [0.1, 0.15) is 11.5 Å². The normalized spacial score (nSPS) is 21.6. The van der Waals surface area contributed by atoms with Crippen molar-refractivity contribution in [3.05, 3.63) is 88.9 Å². The van der Waals surface area contributed by atoms with Crippen LogP contribution in [0.15, 0.2) is 86.3 Å². The maximum absolute atomic E-state index is 12.8. The van der Waals surface area contributed by atoms with E-state index in [1.165, 1.54) is 17.4 Å². The van der Waals surface area contributed by atoms with E-state index in [1.54, 1.807) is 42.7 Å². The molecule has 2 aromatic heterocycles. The van der Waals surface area contributed by atoms with Gasteiger partial charge < -0.3 is 23.9 Å². The van der Waals surface area contributed by atoms with Crippen LogP contribution in [0.4, 0.5) is 0 Å². The zero-order valence-electron chi connectivity index (χ0n) is 13.2. The lowest BCUT2D eigenvalue weighted by Gasteiger charge is -2.31. The predicted molar refractivity (Wildman–Crippen MR) is 85.7 cm³/mol. The van der Waals surface area contributed by atoms with Gasteiger partial charge in [0.1, 0.15) is 11.5 Å². The van der Waals surface area contributed by atoms with Crippen LogP contribution in [0.25, 0.3) is 6.08 Å². The van der Waals surface area contributed by atoms with Gasteiger partial charge in [-0.1, -0.05) is 5.76 Å². The minimum absolute atomic E-state index is 0.203. The van der Waals surface area contributed by atoms with E-state index >= 15 is 0 Å². The molecule has 2 aliphatic rings. The molecule has 0 amide bonds. The second-order valence-corrected chi connectivity index (χ2v) is 5.85. The van der Waals surface area contributed by atoms with Gasteiger partial charge in [0.25, 0.3) is 0 Å². The van der Waals surface area contributed by atoms with Gasteiger partial charge in [0.15, 0.2) is 0 Å². The van der Waals surface area contributed by atoms with Crippen LogP contribution >= 0.6 is 0 Å². The highest BCUT2D eigenvalue weighted by atomic mass is 16.3. The fourth-order valence-electron chi connectivity index (χ4n) is 3.09. The molecule has 0 aromatic carbocycles. The van der Waals surface area contributed by atoms with Crippen molar-refractivity contribution >= 4 is 6.08 Å². The van der Waals surface area contributed by atoms with Crippen LogP contribution in [0.3, 0.4) is 0 Å².